The molecule has 128 valence electrons. The molecule has 24 heavy (non-hydrogen) atoms. The summed E-state index contributed by atoms with van der Waals surface area (Å²) in [6.45, 7) is -0.415. The Kier molecular flexibility index (Phi) is 4.63. The Hall–Kier alpha value is -2.26. The van der Waals surface area contributed by atoms with Gasteiger partial charge in [0.1, 0.15) is 18.3 Å². The van der Waals surface area contributed by atoms with E-state index >= 15 is 0 Å². The number of ether oxygens (including phenoxy) is 1. The maximum Gasteiger partial charge on any atom is 0.333 e. The summed E-state index contributed by atoms with van der Waals surface area (Å²) < 4.78 is 7.41. The van der Waals surface area contributed by atoms with Crippen molar-refractivity contribution in [2.75, 3.05) is 6.61 Å². The molecule has 2 heterocycles. The zero-order valence-electron chi connectivity index (χ0n) is 12.7. The molecule has 1 aliphatic rings. The monoisotopic (exact) mass is 334 g/mol. The van der Waals surface area contributed by atoms with E-state index in [1.54, 1.807) is 24.3 Å². The van der Waals surface area contributed by atoms with Crippen molar-refractivity contribution in [3.63, 3.8) is 0 Å². The van der Waals surface area contributed by atoms with Gasteiger partial charge in [0.15, 0.2) is 6.23 Å². The van der Waals surface area contributed by atoms with Crippen molar-refractivity contribution in [2.24, 2.45) is 0 Å². The molecule has 2 aromatic rings. The Bertz CT molecular complexity index is 815. The Morgan fingerprint density at radius 3 is 2.38 bits per heavy atom. The van der Waals surface area contributed by atoms with Gasteiger partial charge in [-0.3, -0.25) is 13.9 Å². The van der Waals surface area contributed by atoms with Crippen molar-refractivity contribution in [2.45, 2.75) is 31.1 Å². The van der Waals surface area contributed by atoms with E-state index in [0.29, 0.717) is 0 Å². The second-order valence-corrected chi connectivity index (χ2v) is 5.64. The number of rotatable bonds is 4. The molecular formula is C16H18N2O6. The fourth-order valence-electron chi connectivity index (χ4n) is 2.75. The van der Waals surface area contributed by atoms with Gasteiger partial charge in [0.25, 0.3) is 5.56 Å². The first-order valence-electron chi connectivity index (χ1n) is 7.51. The van der Waals surface area contributed by atoms with E-state index in [1.165, 1.54) is 12.3 Å². The molecule has 1 aliphatic heterocycles. The Morgan fingerprint density at radius 1 is 1.04 bits per heavy atom. The molecule has 0 amide bonds. The number of nitrogens with zero attached hydrogens (tertiary/aromatic N) is 2. The molecule has 1 aromatic carbocycles. The van der Waals surface area contributed by atoms with Gasteiger partial charge in [0, 0.05) is 12.3 Å². The number of aliphatic hydroxyl groups is 3. The number of aliphatic hydroxyl groups excluding tert-OH is 3. The van der Waals surface area contributed by atoms with Crippen LogP contribution in [0.15, 0.2) is 52.2 Å². The van der Waals surface area contributed by atoms with Gasteiger partial charge in [0.2, 0.25) is 0 Å². The highest BCUT2D eigenvalue weighted by Crippen LogP contribution is 2.27. The first-order chi connectivity index (χ1) is 11.5. The van der Waals surface area contributed by atoms with Crippen LogP contribution in [0.4, 0.5) is 0 Å². The summed E-state index contributed by atoms with van der Waals surface area (Å²) in [7, 11) is 0. The smallest absolute Gasteiger partial charge is 0.333 e. The Balaban J connectivity index is 1.98. The van der Waals surface area contributed by atoms with Crippen LogP contribution in [-0.2, 0) is 11.3 Å². The standard InChI is InChI=1S/C16H18N2O6/c19-9-11-13(21)14(22)15(24-11)17-7-6-12(20)18(16(17)23)8-10-4-2-1-3-5-10/h1-7,11,13-15,19,21-22H,8-9H2/t11-,13?,14?,15-/m0/s1. The largest absolute Gasteiger partial charge is 0.394 e. The minimum absolute atomic E-state index is 0.0775. The van der Waals surface area contributed by atoms with Gasteiger partial charge in [-0.05, 0) is 5.56 Å². The van der Waals surface area contributed by atoms with E-state index in [9.17, 15) is 19.8 Å². The highest BCUT2D eigenvalue weighted by Gasteiger charge is 2.43. The van der Waals surface area contributed by atoms with Crippen LogP contribution in [0, 0.1) is 0 Å². The molecule has 1 fully saturated rings. The molecular weight excluding hydrogens is 316 g/mol. The third-order valence-electron chi connectivity index (χ3n) is 4.07. The Morgan fingerprint density at radius 2 is 1.75 bits per heavy atom. The SMILES string of the molecule is O=c1ccn([C@H]2O[C@@H](CO)C(O)C2O)c(=O)n1Cc1ccccc1. The lowest BCUT2D eigenvalue weighted by atomic mass is 10.1. The highest BCUT2D eigenvalue weighted by atomic mass is 16.6. The first-order valence-corrected chi connectivity index (χ1v) is 7.51. The van der Waals surface area contributed by atoms with Crippen LogP contribution in [-0.4, -0.2) is 49.4 Å². The minimum Gasteiger partial charge on any atom is -0.394 e. The van der Waals surface area contributed by atoms with E-state index in [2.05, 4.69) is 0 Å². The predicted octanol–water partition coefficient (Wildman–Crippen LogP) is -1.33. The topological polar surface area (TPSA) is 114 Å². The zero-order chi connectivity index (χ0) is 17.3. The molecule has 3 N–H and O–H groups in total. The fourth-order valence-corrected chi connectivity index (χ4v) is 2.75. The summed E-state index contributed by atoms with van der Waals surface area (Å²) in [6.07, 6.45) is -3.66. The highest BCUT2D eigenvalue weighted by molar-refractivity contribution is 5.15. The molecule has 0 spiro atoms. The third kappa shape index (κ3) is 2.92. The summed E-state index contributed by atoms with van der Waals surface area (Å²) in [6, 6.07) is 10.2. The second kappa shape index (κ2) is 6.70. The summed E-state index contributed by atoms with van der Waals surface area (Å²) in [5.41, 5.74) is -0.372. The minimum atomic E-state index is -1.39. The summed E-state index contributed by atoms with van der Waals surface area (Å²) in [5, 5.41) is 29.0. The molecule has 1 aromatic heterocycles. The van der Waals surface area contributed by atoms with E-state index in [-0.39, 0.29) is 6.54 Å². The lowest BCUT2D eigenvalue weighted by Crippen LogP contribution is -2.43. The summed E-state index contributed by atoms with van der Waals surface area (Å²) in [5.74, 6) is 0. The van der Waals surface area contributed by atoms with Gasteiger partial charge < -0.3 is 20.1 Å². The Labute approximate surface area is 136 Å². The van der Waals surface area contributed by atoms with E-state index in [4.69, 9.17) is 9.84 Å². The average Bonchev–Trinajstić information content (AvgIpc) is 2.88. The molecule has 8 heteroatoms. The van der Waals surface area contributed by atoms with Crippen LogP contribution in [0.5, 0.6) is 0 Å². The van der Waals surface area contributed by atoms with Crippen LogP contribution < -0.4 is 11.2 Å². The number of benzene rings is 1. The third-order valence-corrected chi connectivity index (χ3v) is 4.07. The molecule has 1 saturated heterocycles. The van der Waals surface area contributed by atoms with Crippen molar-refractivity contribution >= 4 is 0 Å². The van der Waals surface area contributed by atoms with Gasteiger partial charge in [-0.1, -0.05) is 30.3 Å². The second-order valence-electron chi connectivity index (χ2n) is 5.64. The average molecular weight is 334 g/mol. The molecule has 8 nitrogen and oxygen atoms in total. The summed E-state index contributed by atoms with van der Waals surface area (Å²) >= 11 is 0. The van der Waals surface area contributed by atoms with Crippen LogP contribution >= 0.6 is 0 Å². The maximum atomic E-state index is 12.6. The van der Waals surface area contributed by atoms with Crippen LogP contribution in [0.1, 0.15) is 11.8 Å². The fraction of sp³-hybridized carbons (Fsp3) is 0.375. The molecule has 4 atom stereocenters. The van der Waals surface area contributed by atoms with E-state index in [1.807, 2.05) is 6.07 Å². The number of aromatic nitrogens is 2. The molecule has 3 rings (SSSR count). The van der Waals surface area contributed by atoms with Gasteiger partial charge in [0.05, 0.1) is 13.2 Å². The van der Waals surface area contributed by atoms with Crippen LogP contribution in [0.3, 0.4) is 0 Å². The van der Waals surface area contributed by atoms with Gasteiger partial charge in [-0.15, -0.1) is 0 Å². The number of hydrogen-bond acceptors (Lipinski definition) is 6. The summed E-state index contributed by atoms with van der Waals surface area (Å²) in [4.78, 5) is 24.7. The van der Waals surface area contributed by atoms with Crippen LogP contribution in [0.2, 0.25) is 0 Å². The molecule has 2 unspecified atom stereocenters. The van der Waals surface area contributed by atoms with Crippen molar-refractivity contribution in [3.8, 4) is 0 Å². The number of hydrogen-bond donors (Lipinski definition) is 3. The van der Waals surface area contributed by atoms with Gasteiger partial charge in [-0.2, -0.15) is 0 Å². The van der Waals surface area contributed by atoms with E-state index < -0.39 is 42.4 Å². The maximum absolute atomic E-state index is 12.6. The van der Waals surface area contributed by atoms with Crippen molar-refractivity contribution in [3.05, 3.63) is 69.0 Å². The van der Waals surface area contributed by atoms with Crippen molar-refractivity contribution in [1.29, 1.82) is 0 Å². The quantitative estimate of drug-likeness (QED) is 0.638. The lowest BCUT2D eigenvalue weighted by Gasteiger charge is -2.18. The van der Waals surface area contributed by atoms with Crippen LogP contribution in [0.25, 0.3) is 0 Å². The predicted molar refractivity (Wildman–Crippen MR) is 83.5 cm³/mol. The first kappa shape index (κ1) is 16.6. The molecule has 0 bridgehead atoms. The van der Waals surface area contributed by atoms with Crippen molar-refractivity contribution in [1.82, 2.24) is 9.13 Å². The van der Waals surface area contributed by atoms with Crippen molar-refractivity contribution < 1.29 is 20.1 Å². The zero-order valence-corrected chi connectivity index (χ0v) is 12.7. The van der Waals surface area contributed by atoms with Gasteiger partial charge >= 0.3 is 5.69 Å². The van der Waals surface area contributed by atoms with Gasteiger partial charge in [-0.25, -0.2) is 4.79 Å². The van der Waals surface area contributed by atoms with E-state index in [0.717, 1.165) is 14.7 Å². The molecule has 0 aliphatic carbocycles. The normalized spacial score (nSPS) is 26.6. The molecule has 0 saturated carbocycles. The lowest BCUT2D eigenvalue weighted by molar-refractivity contribution is -0.0555. The molecule has 0 radical (unpaired) electrons.